The van der Waals surface area contributed by atoms with Gasteiger partial charge in [0, 0.05) is 5.56 Å². The maximum absolute atomic E-state index is 11.9. The molecule has 1 amide bonds. The Morgan fingerprint density at radius 1 is 1.41 bits per heavy atom. The molecule has 1 saturated carbocycles. The van der Waals surface area contributed by atoms with Crippen LogP contribution in [0, 0.1) is 0 Å². The SMILES string of the molecule is COc1ccc(C(=O)NC2(CO)CCC2)cc1. The van der Waals surface area contributed by atoms with E-state index in [0.717, 1.165) is 25.0 Å². The molecular formula is C13H17NO3. The molecular weight excluding hydrogens is 218 g/mol. The van der Waals surface area contributed by atoms with Gasteiger partial charge in [0.05, 0.1) is 19.3 Å². The van der Waals surface area contributed by atoms with Gasteiger partial charge in [-0.05, 0) is 43.5 Å². The van der Waals surface area contributed by atoms with Gasteiger partial charge in [-0.25, -0.2) is 0 Å². The topological polar surface area (TPSA) is 58.6 Å². The summed E-state index contributed by atoms with van der Waals surface area (Å²) < 4.78 is 5.03. The van der Waals surface area contributed by atoms with E-state index < -0.39 is 5.54 Å². The summed E-state index contributed by atoms with van der Waals surface area (Å²) in [6, 6.07) is 6.94. The van der Waals surface area contributed by atoms with Crippen LogP contribution in [0.3, 0.4) is 0 Å². The third-order valence-electron chi connectivity index (χ3n) is 3.34. The number of hydrogen-bond acceptors (Lipinski definition) is 3. The third kappa shape index (κ3) is 2.42. The fourth-order valence-corrected chi connectivity index (χ4v) is 1.98. The van der Waals surface area contributed by atoms with Crippen molar-refractivity contribution in [3.8, 4) is 5.75 Å². The van der Waals surface area contributed by atoms with E-state index in [4.69, 9.17) is 4.74 Å². The molecule has 1 aliphatic rings. The van der Waals surface area contributed by atoms with Crippen molar-refractivity contribution in [3.63, 3.8) is 0 Å². The number of ether oxygens (including phenoxy) is 1. The molecule has 0 spiro atoms. The smallest absolute Gasteiger partial charge is 0.251 e. The van der Waals surface area contributed by atoms with Crippen LogP contribution in [0.15, 0.2) is 24.3 Å². The van der Waals surface area contributed by atoms with Crippen LogP contribution >= 0.6 is 0 Å². The second-order valence-corrected chi connectivity index (χ2v) is 4.47. The molecule has 0 radical (unpaired) electrons. The van der Waals surface area contributed by atoms with Crippen molar-refractivity contribution < 1.29 is 14.6 Å². The molecule has 17 heavy (non-hydrogen) atoms. The number of benzene rings is 1. The van der Waals surface area contributed by atoms with Gasteiger partial charge >= 0.3 is 0 Å². The molecule has 0 aliphatic heterocycles. The van der Waals surface area contributed by atoms with Gasteiger partial charge in [0.2, 0.25) is 0 Å². The average molecular weight is 235 g/mol. The average Bonchev–Trinajstić information content (AvgIpc) is 2.33. The number of carbonyl (C=O) groups is 1. The van der Waals surface area contributed by atoms with Crippen molar-refractivity contribution >= 4 is 5.91 Å². The quantitative estimate of drug-likeness (QED) is 0.828. The molecule has 4 heteroatoms. The van der Waals surface area contributed by atoms with E-state index in [1.165, 1.54) is 0 Å². The van der Waals surface area contributed by atoms with Crippen molar-refractivity contribution in [1.82, 2.24) is 5.32 Å². The Morgan fingerprint density at radius 2 is 2.06 bits per heavy atom. The van der Waals surface area contributed by atoms with Crippen molar-refractivity contribution in [1.29, 1.82) is 0 Å². The van der Waals surface area contributed by atoms with Crippen molar-refractivity contribution in [3.05, 3.63) is 29.8 Å². The van der Waals surface area contributed by atoms with Crippen LogP contribution in [-0.2, 0) is 0 Å². The summed E-state index contributed by atoms with van der Waals surface area (Å²) in [6.07, 6.45) is 2.76. The van der Waals surface area contributed by atoms with Crippen LogP contribution in [-0.4, -0.2) is 30.3 Å². The van der Waals surface area contributed by atoms with Gasteiger partial charge in [-0.1, -0.05) is 0 Å². The molecule has 0 saturated heterocycles. The maximum Gasteiger partial charge on any atom is 0.251 e. The van der Waals surface area contributed by atoms with Gasteiger partial charge in [-0.2, -0.15) is 0 Å². The summed E-state index contributed by atoms with van der Waals surface area (Å²) in [5.74, 6) is 0.587. The molecule has 2 N–H and O–H groups in total. The van der Waals surface area contributed by atoms with Crippen LogP contribution in [0.4, 0.5) is 0 Å². The van der Waals surface area contributed by atoms with E-state index in [1.807, 2.05) is 0 Å². The number of rotatable bonds is 4. The van der Waals surface area contributed by atoms with Crippen molar-refractivity contribution in [2.45, 2.75) is 24.8 Å². The second-order valence-electron chi connectivity index (χ2n) is 4.47. The van der Waals surface area contributed by atoms with E-state index in [9.17, 15) is 9.90 Å². The summed E-state index contributed by atoms with van der Waals surface area (Å²) in [6.45, 7) is 0.00882. The van der Waals surface area contributed by atoms with Crippen LogP contribution < -0.4 is 10.1 Å². The molecule has 2 rings (SSSR count). The normalized spacial score (nSPS) is 17.1. The van der Waals surface area contributed by atoms with Crippen LogP contribution in [0.25, 0.3) is 0 Å². The Balaban J connectivity index is 2.03. The highest BCUT2D eigenvalue weighted by Gasteiger charge is 2.37. The van der Waals surface area contributed by atoms with E-state index in [0.29, 0.717) is 5.56 Å². The minimum absolute atomic E-state index is 0.00882. The molecule has 1 aliphatic carbocycles. The number of methoxy groups -OCH3 is 1. The molecule has 4 nitrogen and oxygen atoms in total. The maximum atomic E-state index is 11.9. The van der Waals surface area contributed by atoms with E-state index >= 15 is 0 Å². The number of nitrogens with one attached hydrogen (secondary N) is 1. The molecule has 0 atom stereocenters. The molecule has 0 bridgehead atoms. The predicted molar refractivity (Wildman–Crippen MR) is 64.1 cm³/mol. The number of amides is 1. The van der Waals surface area contributed by atoms with Gasteiger partial charge in [0.25, 0.3) is 5.91 Å². The van der Waals surface area contributed by atoms with Gasteiger partial charge in [0.1, 0.15) is 5.75 Å². The molecule has 0 aromatic heterocycles. The van der Waals surface area contributed by atoms with Crippen LogP contribution in [0.2, 0.25) is 0 Å². The molecule has 0 heterocycles. The molecule has 1 fully saturated rings. The van der Waals surface area contributed by atoms with Crippen molar-refractivity contribution in [2.24, 2.45) is 0 Å². The van der Waals surface area contributed by atoms with E-state index in [2.05, 4.69) is 5.32 Å². The lowest BCUT2D eigenvalue weighted by atomic mass is 9.77. The van der Waals surface area contributed by atoms with E-state index in [1.54, 1.807) is 31.4 Å². The lowest BCUT2D eigenvalue weighted by Crippen LogP contribution is -2.56. The largest absolute Gasteiger partial charge is 0.497 e. The van der Waals surface area contributed by atoms with Gasteiger partial charge in [-0.15, -0.1) is 0 Å². The fourth-order valence-electron chi connectivity index (χ4n) is 1.98. The second kappa shape index (κ2) is 4.75. The molecule has 1 aromatic rings. The number of hydrogen-bond donors (Lipinski definition) is 2. The summed E-state index contributed by atoms with van der Waals surface area (Å²) in [5, 5.41) is 12.2. The highest BCUT2D eigenvalue weighted by molar-refractivity contribution is 5.94. The molecule has 0 unspecified atom stereocenters. The summed E-state index contributed by atoms with van der Waals surface area (Å²) in [7, 11) is 1.59. The molecule has 1 aromatic carbocycles. The third-order valence-corrected chi connectivity index (χ3v) is 3.34. The highest BCUT2D eigenvalue weighted by atomic mass is 16.5. The minimum Gasteiger partial charge on any atom is -0.497 e. The van der Waals surface area contributed by atoms with Gasteiger partial charge in [-0.3, -0.25) is 4.79 Å². The summed E-state index contributed by atoms with van der Waals surface area (Å²) in [4.78, 5) is 11.9. The summed E-state index contributed by atoms with van der Waals surface area (Å²) in [5.41, 5.74) is 0.197. The first-order valence-electron chi connectivity index (χ1n) is 5.76. The Kier molecular flexibility index (Phi) is 3.33. The zero-order chi connectivity index (χ0) is 12.3. The number of aliphatic hydroxyl groups is 1. The van der Waals surface area contributed by atoms with Gasteiger partial charge < -0.3 is 15.2 Å². The zero-order valence-electron chi connectivity index (χ0n) is 9.90. The van der Waals surface area contributed by atoms with Crippen LogP contribution in [0.5, 0.6) is 5.75 Å². The first-order chi connectivity index (χ1) is 8.19. The monoisotopic (exact) mass is 235 g/mol. The lowest BCUT2D eigenvalue weighted by Gasteiger charge is -2.40. The number of aliphatic hydroxyl groups excluding tert-OH is 1. The first-order valence-corrected chi connectivity index (χ1v) is 5.76. The summed E-state index contributed by atoms with van der Waals surface area (Å²) >= 11 is 0. The van der Waals surface area contributed by atoms with Crippen LogP contribution in [0.1, 0.15) is 29.6 Å². The fraction of sp³-hybridized carbons (Fsp3) is 0.462. The lowest BCUT2D eigenvalue weighted by molar-refractivity contribution is 0.0641. The standard InChI is InChI=1S/C13H17NO3/c1-17-11-5-3-10(4-6-11)12(16)14-13(9-15)7-2-8-13/h3-6,15H,2,7-9H2,1H3,(H,14,16). The zero-order valence-corrected chi connectivity index (χ0v) is 9.90. The highest BCUT2D eigenvalue weighted by Crippen LogP contribution is 2.31. The van der Waals surface area contributed by atoms with Crippen molar-refractivity contribution in [2.75, 3.05) is 13.7 Å². The Hall–Kier alpha value is -1.55. The first kappa shape index (κ1) is 11.9. The Morgan fingerprint density at radius 3 is 2.47 bits per heavy atom. The minimum atomic E-state index is -0.392. The van der Waals surface area contributed by atoms with E-state index in [-0.39, 0.29) is 12.5 Å². The number of carbonyl (C=O) groups excluding carboxylic acids is 1. The molecule has 92 valence electrons. The Labute approximate surface area is 101 Å². The predicted octanol–water partition coefficient (Wildman–Crippen LogP) is 1.34. The van der Waals surface area contributed by atoms with Gasteiger partial charge in [0.15, 0.2) is 0 Å². The Bertz CT molecular complexity index is 390.